The topological polar surface area (TPSA) is 61.4 Å². The van der Waals surface area contributed by atoms with Crippen molar-refractivity contribution in [3.05, 3.63) is 0 Å². The fourth-order valence-corrected chi connectivity index (χ4v) is 0.871. The van der Waals surface area contributed by atoms with Crippen molar-refractivity contribution < 1.29 is 9.59 Å². The molecule has 15 heavy (non-hydrogen) atoms. The van der Waals surface area contributed by atoms with Crippen LogP contribution in [0.25, 0.3) is 0 Å². The average molecular weight is 215 g/mol. The van der Waals surface area contributed by atoms with Crippen LogP contribution in [0, 0.1) is 0 Å². The van der Waals surface area contributed by atoms with Gasteiger partial charge in [0.25, 0.3) is 0 Å². The molecule has 0 radical (unpaired) electrons. The number of hydrogen-bond donors (Lipinski definition) is 2. The van der Waals surface area contributed by atoms with Gasteiger partial charge in [0.05, 0.1) is 12.6 Å². The Hall–Kier alpha value is -0.940. The summed E-state index contributed by atoms with van der Waals surface area (Å²) in [6.07, 6.45) is 0. The number of carbonyl (C=O) groups is 2. The Morgan fingerprint density at radius 2 is 1.93 bits per heavy atom. The van der Waals surface area contributed by atoms with Crippen molar-refractivity contribution in [3.63, 3.8) is 0 Å². The summed E-state index contributed by atoms with van der Waals surface area (Å²) in [5, 5.41) is 5.60. The van der Waals surface area contributed by atoms with Crippen LogP contribution in [0.3, 0.4) is 0 Å². The molecule has 0 rings (SSSR count). The van der Waals surface area contributed by atoms with Gasteiger partial charge in [0, 0.05) is 13.1 Å². The van der Waals surface area contributed by atoms with E-state index in [1.54, 1.807) is 6.92 Å². The summed E-state index contributed by atoms with van der Waals surface area (Å²) in [4.78, 5) is 24.1. The zero-order chi connectivity index (χ0) is 11.8. The number of ketones is 1. The SMILES string of the molecule is CC(=O)[C@@H](C)NCC(=O)NCCN(C)C. The number of hydrogen-bond acceptors (Lipinski definition) is 4. The molecule has 0 saturated carbocycles. The Kier molecular flexibility index (Phi) is 6.90. The molecule has 5 heteroatoms. The lowest BCUT2D eigenvalue weighted by atomic mass is 10.2. The Labute approximate surface area is 91.2 Å². The van der Waals surface area contributed by atoms with Crippen LogP contribution >= 0.6 is 0 Å². The summed E-state index contributed by atoms with van der Waals surface area (Å²) < 4.78 is 0. The maximum Gasteiger partial charge on any atom is 0.234 e. The summed E-state index contributed by atoms with van der Waals surface area (Å²) in [6.45, 7) is 4.88. The molecular formula is C10H21N3O2. The van der Waals surface area contributed by atoms with Gasteiger partial charge in [-0.3, -0.25) is 14.9 Å². The Morgan fingerprint density at radius 3 is 2.40 bits per heavy atom. The molecule has 1 atom stereocenters. The minimum absolute atomic E-state index is 0.0380. The molecule has 0 aliphatic carbocycles. The van der Waals surface area contributed by atoms with Crippen molar-refractivity contribution in [3.8, 4) is 0 Å². The third-order valence-electron chi connectivity index (χ3n) is 2.06. The summed E-state index contributed by atoms with van der Waals surface area (Å²) in [5.74, 6) is -0.0407. The molecule has 0 heterocycles. The second-order valence-corrected chi connectivity index (χ2v) is 3.87. The Bertz CT molecular complexity index is 217. The van der Waals surface area contributed by atoms with E-state index in [-0.39, 0.29) is 24.3 Å². The van der Waals surface area contributed by atoms with E-state index < -0.39 is 0 Å². The molecular weight excluding hydrogens is 194 g/mol. The first-order valence-electron chi connectivity index (χ1n) is 5.08. The molecule has 88 valence electrons. The minimum atomic E-state index is -0.260. The molecule has 0 aromatic heterocycles. The first-order chi connectivity index (χ1) is 6.93. The Balaban J connectivity index is 3.53. The second kappa shape index (κ2) is 7.36. The monoisotopic (exact) mass is 215 g/mol. The van der Waals surface area contributed by atoms with Crippen molar-refractivity contribution >= 4 is 11.7 Å². The molecule has 2 N–H and O–H groups in total. The molecule has 0 saturated heterocycles. The van der Waals surface area contributed by atoms with Gasteiger partial charge >= 0.3 is 0 Å². The maximum atomic E-state index is 11.2. The van der Waals surface area contributed by atoms with Crippen molar-refractivity contribution in [1.82, 2.24) is 15.5 Å². The first kappa shape index (κ1) is 14.1. The van der Waals surface area contributed by atoms with E-state index in [0.29, 0.717) is 6.54 Å². The van der Waals surface area contributed by atoms with Gasteiger partial charge in [0.15, 0.2) is 0 Å². The van der Waals surface area contributed by atoms with Gasteiger partial charge in [-0.25, -0.2) is 0 Å². The fourth-order valence-electron chi connectivity index (χ4n) is 0.871. The van der Waals surface area contributed by atoms with Gasteiger partial charge in [-0.05, 0) is 27.9 Å². The van der Waals surface area contributed by atoms with E-state index >= 15 is 0 Å². The predicted molar refractivity (Wildman–Crippen MR) is 59.7 cm³/mol. The lowest BCUT2D eigenvalue weighted by Gasteiger charge is -2.12. The number of likely N-dealkylation sites (N-methyl/N-ethyl adjacent to an activating group) is 1. The molecule has 0 unspecified atom stereocenters. The predicted octanol–water partition coefficient (Wildman–Crippen LogP) is -0.769. The van der Waals surface area contributed by atoms with Crippen LogP contribution in [0.5, 0.6) is 0 Å². The van der Waals surface area contributed by atoms with Gasteiger partial charge < -0.3 is 10.2 Å². The summed E-state index contributed by atoms with van der Waals surface area (Å²) in [5.41, 5.74) is 0. The lowest BCUT2D eigenvalue weighted by Crippen LogP contribution is -2.42. The molecule has 0 aliphatic rings. The van der Waals surface area contributed by atoms with Crippen LogP contribution in [0.2, 0.25) is 0 Å². The molecule has 5 nitrogen and oxygen atoms in total. The van der Waals surface area contributed by atoms with E-state index in [9.17, 15) is 9.59 Å². The summed E-state index contributed by atoms with van der Waals surface area (Å²) >= 11 is 0. The average Bonchev–Trinajstić information content (AvgIpc) is 2.13. The van der Waals surface area contributed by atoms with Crippen molar-refractivity contribution in [2.75, 3.05) is 33.7 Å². The number of carbonyl (C=O) groups excluding carboxylic acids is 2. The smallest absolute Gasteiger partial charge is 0.234 e. The highest BCUT2D eigenvalue weighted by molar-refractivity contribution is 5.83. The molecule has 0 aromatic carbocycles. The number of amides is 1. The van der Waals surface area contributed by atoms with Crippen LogP contribution in [-0.2, 0) is 9.59 Å². The number of nitrogens with one attached hydrogen (secondary N) is 2. The van der Waals surface area contributed by atoms with Crippen LogP contribution in [-0.4, -0.2) is 56.4 Å². The normalized spacial score (nSPS) is 12.6. The fraction of sp³-hybridized carbons (Fsp3) is 0.800. The minimum Gasteiger partial charge on any atom is -0.354 e. The largest absolute Gasteiger partial charge is 0.354 e. The third-order valence-corrected chi connectivity index (χ3v) is 2.06. The standard InChI is InChI=1S/C10H21N3O2/c1-8(9(2)14)12-7-10(15)11-5-6-13(3)4/h8,12H,5-7H2,1-4H3,(H,11,15)/t8-/m1/s1. The van der Waals surface area contributed by atoms with E-state index in [1.165, 1.54) is 6.92 Å². The number of Topliss-reactive ketones (excluding diaryl/α,β-unsaturated/α-hetero) is 1. The highest BCUT2D eigenvalue weighted by atomic mass is 16.2. The highest BCUT2D eigenvalue weighted by Crippen LogP contribution is 1.81. The number of nitrogens with zero attached hydrogens (tertiary/aromatic N) is 1. The van der Waals surface area contributed by atoms with E-state index in [0.717, 1.165) is 6.54 Å². The van der Waals surface area contributed by atoms with Crippen molar-refractivity contribution in [2.24, 2.45) is 0 Å². The van der Waals surface area contributed by atoms with Gasteiger partial charge in [-0.2, -0.15) is 0 Å². The van der Waals surface area contributed by atoms with Gasteiger partial charge in [0.2, 0.25) is 5.91 Å². The summed E-state index contributed by atoms with van der Waals surface area (Å²) in [6, 6.07) is -0.260. The third kappa shape index (κ3) is 8.08. The molecule has 0 spiro atoms. The maximum absolute atomic E-state index is 11.2. The zero-order valence-corrected chi connectivity index (χ0v) is 9.96. The molecule has 0 fully saturated rings. The van der Waals surface area contributed by atoms with E-state index in [4.69, 9.17) is 0 Å². The van der Waals surface area contributed by atoms with Gasteiger partial charge in [0.1, 0.15) is 5.78 Å². The van der Waals surface area contributed by atoms with Gasteiger partial charge in [-0.1, -0.05) is 0 Å². The van der Waals surface area contributed by atoms with Crippen LogP contribution < -0.4 is 10.6 Å². The second-order valence-electron chi connectivity index (χ2n) is 3.87. The lowest BCUT2D eigenvalue weighted by molar-refractivity contribution is -0.121. The molecule has 1 amide bonds. The van der Waals surface area contributed by atoms with Crippen molar-refractivity contribution in [2.45, 2.75) is 19.9 Å². The van der Waals surface area contributed by atoms with Crippen LogP contribution in [0.1, 0.15) is 13.8 Å². The first-order valence-corrected chi connectivity index (χ1v) is 5.08. The highest BCUT2D eigenvalue weighted by Gasteiger charge is 2.08. The Morgan fingerprint density at radius 1 is 1.33 bits per heavy atom. The zero-order valence-electron chi connectivity index (χ0n) is 9.96. The van der Waals surface area contributed by atoms with E-state index in [2.05, 4.69) is 10.6 Å². The van der Waals surface area contributed by atoms with Crippen LogP contribution in [0.4, 0.5) is 0 Å². The molecule has 0 aromatic rings. The molecule has 0 aliphatic heterocycles. The van der Waals surface area contributed by atoms with Crippen molar-refractivity contribution in [1.29, 1.82) is 0 Å². The van der Waals surface area contributed by atoms with Crippen LogP contribution in [0.15, 0.2) is 0 Å². The summed E-state index contributed by atoms with van der Waals surface area (Å²) in [7, 11) is 3.89. The quantitative estimate of drug-likeness (QED) is 0.585. The van der Waals surface area contributed by atoms with E-state index in [1.807, 2.05) is 19.0 Å². The molecule has 0 bridgehead atoms. The number of rotatable bonds is 7. The van der Waals surface area contributed by atoms with Gasteiger partial charge in [-0.15, -0.1) is 0 Å².